The van der Waals surface area contributed by atoms with E-state index >= 15 is 0 Å². The fraction of sp³-hybridized carbons (Fsp3) is 0.375. The van der Waals surface area contributed by atoms with E-state index in [1.165, 1.54) is 28.6 Å². The van der Waals surface area contributed by atoms with Crippen LogP contribution in [0.25, 0.3) is 0 Å². The summed E-state index contributed by atoms with van der Waals surface area (Å²) in [6, 6.07) is 14.8. The molecule has 2 aromatic carbocycles. The molecule has 1 atom stereocenters. The van der Waals surface area contributed by atoms with Gasteiger partial charge in [-0.15, -0.1) is 0 Å². The van der Waals surface area contributed by atoms with Crippen LogP contribution in [0.3, 0.4) is 0 Å². The van der Waals surface area contributed by atoms with E-state index in [1.807, 2.05) is 30.3 Å². The van der Waals surface area contributed by atoms with E-state index in [2.05, 4.69) is 10.6 Å². The number of carbonyl (C=O) groups excluding carboxylic acids is 3. The monoisotopic (exact) mass is 486 g/mol. The molecule has 182 valence electrons. The van der Waals surface area contributed by atoms with Gasteiger partial charge in [0, 0.05) is 18.8 Å². The van der Waals surface area contributed by atoms with Gasteiger partial charge in [-0.05, 0) is 49.6 Å². The Bertz CT molecular complexity index is 1150. The smallest absolute Gasteiger partial charge is 0.325 e. The molecule has 9 nitrogen and oxygen atoms in total. The minimum absolute atomic E-state index is 0.123. The molecule has 1 aliphatic heterocycles. The summed E-state index contributed by atoms with van der Waals surface area (Å²) in [4.78, 5) is 38.9. The van der Waals surface area contributed by atoms with Crippen molar-refractivity contribution in [2.75, 3.05) is 25.0 Å². The van der Waals surface area contributed by atoms with Crippen LogP contribution in [0.4, 0.5) is 10.5 Å². The number of hydrogen-bond donors (Lipinski definition) is 2. The van der Waals surface area contributed by atoms with Gasteiger partial charge in [-0.3, -0.25) is 14.5 Å². The summed E-state index contributed by atoms with van der Waals surface area (Å²) in [5.74, 6) is -1.01. The fourth-order valence-electron chi connectivity index (χ4n) is 3.87. The first-order valence-corrected chi connectivity index (χ1v) is 12.6. The molecule has 1 unspecified atom stereocenters. The molecule has 10 heteroatoms. The number of anilines is 1. The molecule has 2 N–H and O–H groups in total. The second-order valence-corrected chi connectivity index (χ2v) is 10.2. The van der Waals surface area contributed by atoms with E-state index in [0.29, 0.717) is 31.6 Å². The van der Waals surface area contributed by atoms with Crippen molar-refractivity contribution in [3.8, 4) is 0 Å². The van der Waals surface area contributed by atoms with Crippen molar-refractivity contribution < 1.29 is 22.8 Å². The first kappa shape index (κ1) is 25.4. The Morgan fingerprint density at radius 2 is 1.65 bits per heavy atom. The van der Waals surface area contributed by atoms with E-state index in [1.54, 1.807) is 20.8 Å². The highest BCUT2D eigenvalue weighted by molar-refractivity contribution is 7.89. The molecule has 0 saturated carbocycles. The van der Waals surface area contributed by atoms with Gasteiger partial charge in [0.2, 0.25) is 15.9 Å². The molecule has 0 bridgehead atoms. The van der Waals surface area contributed by atoms with Crippen molar-refractivity contribution in [3.05, 3.63) is 60.2 Å². The summed E-state index contributed by atoms with van der Waals surface area (Å²) < 4.78 is 26.5. The largest absolute Gasteiger partial charge is 0.325 e. The molecular formula is C24H30N4O5S. The summed E-state index contributed by atoms with van der Waals surface area (Å²) in [6.07, 6.45) is 1.01. The van der Waals surface area contributed by atoms with Gasteiger partial charge in [-0.25, -0.2) is 13.2 Å². The molecule has 0 aromatic heterocycles. The zero-order valence-electron chi connectivity index (χ0n) is 19.6. The van der Waals surface area contributed by atoms with Crippen LogP contribution < -0.4 is 10.6 Å². The number of aryl methyl sites for hydroxylation is 1. The fourth-order valence-corrected chi connectivity index (χ4v) is 5.32. The molecule has 1 saturated heterocycles. The van der Waals surface area contributed by atoms with E-state index < -0.39 is 40.0 Å². The molecular weight excluding hydrogens is 456 g/mol. The summed E-state index contributed by atoms with van der Waals surface area (Å²) in [7, 11) is -3.60. The number of benzene rings is 2. The van der Waals surface area contributed by atoms with Crippen LogP contribution in [0, 0.1) is 0 Å². The lowest BCUT2D eigenvalue weighted by Gasteiger charge is -2.21. The van der Waals surface area contributed by atoms with Gasteiger partial charge in [0.15, 0.2) is 0 Å². The summed E-state index contributed by atoms with van der Waals surface area (Å²) in [6.45, 7) is 5.45. The minimum atomic E-state index is -3.60. The van der Waals surface area contributed by atoms with Crippen molar-refractivity contribution in [2.45, 2.75) is 44.0 Å². The van der Waals surface area contributed by atoms with E-state index in [-0.39, 0.29) is 4.90 Å². The molecule has 0 spiro atoms. The van der Waals surface area contributed by atoms with Gasteiger partial charge in [0.05, 0.1) is 4.90 Å². The topological polar surface area (TPSA) is 116 Å². The molecule has 34 heavy (non-hydrogen) atoms. The van der Waals surface area contributed by atoms with Crippen LogP contribution in [0.15, 0.2) is 59.5 Å². The van der Waals surface area contributed by atoms with Crippen molar-refractivity contribution in [2.24, 2.45) is 0 Å². The molecule has 1 fully saturated rings. The number of nitrogens with one attached hydrogen (secondary N) is 2. The quantitative estimate of drug-likeness (QED) is 0.501. The van der Waals surface area contributed by atoms with Crippen LogP contribution in [-0.2, 0) is 26.0 Å². The number of rotatable bonds is 10. The Balaban J connectivity index is 1.61. The van der Waals surface area contributed by atoms with Crippen molar-refractivity contribution in [1.29, 1.82) is 0 Å². The Labute approximate surface area is 200 Å². The second-order valence-electron chi connectivity index (χ2n) is 8.30. The summed E-state index contributed by atoms with van der Waals surface area (Å²) in [5.41, 5.74) is 0.323. The highest BCUT2D eigenvalue weighted by Gasteiger charge is 2.47. The third-order valence-corrected chi connectivity index (χ3v) is 7.95. The number of hydrogen-bond acceptors (Lipinski definition) is 5. The maximum atomic E-state index is 12.9. The molecule has 0 radical (unpaired) electrons. The third kappa shape index (κ3) is 5.45. The predicted octanol–water partition coefficient (Wildman–Crippen LogP) is 2.60. The van der Waals surface area contributed by atoms with Gasteiger partial charge >= 0.3 is 6.03 Å². The lowest BCUT2D eigenvalue weighted by Crippen LogP contribution is -2.45. The lowest BCUT2D eigenvalue weighted by molar-refractivity contribution is -0.133. The average molecular weight is 487 g/mol. The number of carbonyl (C=O) groups is 3. The number of urea groups is 1. The first-order chi connectivity index (χ1) is 16.1. The molecule has 2 aromatic rings. The standard InChI is InChI=1S/C24H30N4O5S/c1-4-27(5-2)34(32,33)20-13-11-19(12-14-20)25-21(29)17-28-22(30)24(3,26-23(28)31)16-15-18-9-7-6-8-10-18/h6-14H,4-5,15-17H2,1-3H3,(H,25,29)(H,26,31). The maximum absolute atomic E-state index is 12.9. The minimum Gasteiger partial charge on any atom is -0.325 e. The zero-order chi connectivity index (χ0) is 24.9. The normalized spacial score (nSPS) is 18.3. The highest BCUT2D eigenvalue weighted by atomic mass is 32.2. The molecule has 0 aliphatic carbocycles. The number of sulfonamides is 1. The van der Waals surface area contributed by atoms with Crippen LogP contribution in [0.2, 0.25) is 0 Å². The first-order valence-electron chi connectivity index (χ1n) is 11.2. The van der Waals surface area contributed by atoms with Crippen LogP contribution in [-0.4, -0.2) is 60.6 Å². The Morgan fingerprint density at radius 1 is 1.03 bits per heavy atom. The molecule has 1 aliphatic rings. The van der Waals surface area contributed by atoms with Crippen LogP contribution in [0.5, 0.6) is 0 Å². The number of imide groups is 1. The van der Waals surface area contributed by atoms with Crippen molar-refractivity contribution in [3.63, 3.8) is 0 Å². The van der Waals surface area contributed by atoms with E-state index in [0.717, 1.165) is 10.5 Å². The highest BCUT2D eigenvalue weighted by Crippen LogP contribution is 2.24. The van der Waals surface area contributed by atoms with E-state index in [9.17, 15) is 22.8 Å². The van der Waals surface area contributed by atoms with Gasteiger partial charge in [-0.1, -0.05) is 44.2 Å². The molecule has 3 rings (SSSR count). The van der Waals surface area contributed by atoms with E-state index in [4.69, 9.17) is 0 Å². The van der Waals surface area contributed by atoms with Crippen LogP contribution in [0.1, 0.15) is 32.8 Å². The SMILES string of the molecule is CCN(CC)S(=O)(=O)c1ccc(NC(=O)CN2C(=O)NC(C)(CCc3ccccc3)C2=O)cc1. The van der Waals surface area contributed by atoms with Gasteiger partial charge in [0.1, 0.15) is 12.1 Å². The van der Waals surface area contributed by atoms with Gasteiger partial charge in [0.25, 0.3) is 5.91 Å². The average Bonchev–Trinajstić information content (AvgIpc) is 3.02. The van der Waals surface area contributed by atoms with Crippen LogP contribution >= 0.6 is 0 Å². The Morgan fingerprint density at radius 3 is 2.24 bits per heavy atom. The second kappa shape index (κ2) is 10.4. The summed E-state index contributed by atoms with van der Waals surface area (Å²) in [5, 5.41) is 5.31. The number of nitrogens with zero attached hydrogens (tertiary/aromatic N) is 2. The molecule has 4 amide bonds. The zero-order valence-corrected chi connectivity index (χ0v) is 20.4. The van der Waals surface area contributed by atoms with Crippen molar-refractivity contribution in [1.82, 2.24) is 14.5 Å². The molecule has 1 heterocycles. The summed E-state index contributed by atoms with van der Waals surface area (Å²) >= 11 is 0. The Hall–Kier alpha value is -3.24. The number of amides is 4. The van der Waals surface area contributed by atoms with Crippen molar-refractivity contribution >= 4 is 33.6 Å². The predicted molar refractivity (Wildman–Crippen MR) is 129 cm³/mol. The van der Waals surface area contributed by atoms with Gasteiger partial charge in [-0.2, -0.15) is 4.31 Å². The Kier molecular flexibility index (Phi) is 7.73. The van der Waals surface area contributed by atoms with Gasteiger partial charge < -0.3 is 10.6 Å². The third-order valence-electron chi connectivity index (χ3n) is 5.88. The maximum Gasteiger partial charge on any atom is 0.325 e. The lowest BCUT2D eigenvalue weighted by atomic mass is 9.93.